The lowest BCUT2D eigenvalue weighted by Crippen LogP contribution is -2.11. The molecule has 0 atom stereocenters. The topological polar surface area (TPSA) is 87.7 Å². The zero-order valence-electron chi connectivity index (χ0n) is 17.7. The van der Waals surface area contributed by atoms with Crippen LogP contribution >= 0.6 is 22.9 Å². The second-order valence-corrected chi connectivity index (χ2v) is 9.14. The van der Waals surface area contributed by atoms with Crippen LogP contribution in [0.4, 0.5) is 5.69 Å². The lowest BCUT2D eigenvalue weighted by atomic mass is 10.0. The largest absolute Gasteiger partial charge is 0.321 e. The fraction of sp³-hybridized carbons (Fsp3) is 0. The van der Waals surface area contributed by atoms with Crippen molar-refractivity contribution in [2.45, 2.75) is 0 Å². The van der Waals surface area contributed by atoms with Gasteiger partial charge in [-0.1, -0.05) is 35.9 Å². The van der Waals surface area contributed by atoms with Crippen molar-refractivity contribution in [2.24, 2.45) is 0 Å². The number of anilines is 1. The second-order valence-electron chi connectivity index (χ2n) is 7.42. The Hall–Kier alpha value is -4.07. The van der Waals surface area contributed by atoms with Crippen LogP contribution in [-0.4, -0.2) is 26.9 Å². The van der Waals surface area contributed by atoms with Crippen molar-refractivity contribution in [3.8, 4) is 0 Å². The van der Waals surface area contributed by atoms with Crippen molar-refractivity contribution in [1.29, 1.82) is 0 Å². The van der Waals surface area contributed by atoms with Gasteiger partial charge in [0.15, 0.2) is 5.78 Å². The van der Waals surface area contributed by atoms with E-state index in [1.807, 2.05) is 36.4 Å². The standard InChI is InChI=1S/C26H17ClN4O2S/c27-24-12-11-23(34-24)26(33)29-19-6-3-4-16(14-19)25(32)17-7-9-20-21(30-31-22(20)15-17)10-8-18-5-1-2-13-28-18/h1-15H,(H,29,33)(H,30,31)/b10-8+. The second kappa shape index (κ2) is 9.43. The summed E-state index contributed by atoms with van der Waals surface area (Å²) in [6.07, 6.45) is 5.51. The minimum Gasteiger partial charge on any atom is -0.321 e. The Morgan fingerprint density at radius 2 is 1.82 bits per heavy atom. The highest BCUT2D eigenvalue weighted by molar-refractivity contribution is 7.18. The predicted octanol–water partition coefficient (Wildman–Crippen LogP) is 6.33. The number of rotatable bonds is 6. The van der Waals surface area contributed by atoms with Crippen LogP contribution in [-0.2, 0) is 0 Å². The molecule has 166 valence electrons. The van der Waals surface area contributed by atoms with E-state index in [1.165, 1.54) is 11.3 Å². The molecule has 0 fully saturated rings. The van der Waals surface area contributed by atoms with E-state index in [0.717, 1.165) is 22.3 Å². The number of aromatic amines is 1. The van der Waals surface area contributed by atoms with Crippen molar-refractivity contribution in [3.63, 3.8) is 0 Å². The molecule has 0 aliphatic rings. The minimum atomic E-state index is -0.272. The molecule has 8 heteroatoms. The maximum atomic E-state index is 13.1. The Balaban J connectivity index is 1.36. The molecule has 2 N–H and O–H groups in total. The van der Waals surface area contributed by atoms with Gasteiger partial charge in [-0.2, -0.15) is 5.10 Å². The molecule has 34 heavy (non-hydrogen) atoms. The fourth-order valence-electron chi connectivity index (χ4n) is 3.48. The molecule has 0 saturated heterocycles. The summed E-state index contributed by atoms with van der Waals surface area (Å²) in [4.78, 5) is 30.3. The molecule has 0 saturated carbocycles. The number of thiophene rings is 1. The highest BCUT2D eigenvalue weighted by atomic mass is 35.5. The van der Waals surface area contributed by atoms with Gasteiger partial charge in [0.05, 0.1) is 26.1 Å². The van der Waals surface area contributed by atoms with Gasteiger partial charge in [0, 0.05) is 28.4 Å². The van der Waals surface area contributed by atoms with Crippen LogP contribution < -0.4 is 5.32 Å². The van der Waals surface area contributed by atoms with Gasteiger partial charge < -0.3 is 5.32 Å². The van der Waals surface area contributed by atoms with Crippen molar-refractivity contribution in [2.75, 3.05) is 5.32 Å². The molecule has 5 aromatic rings. The highest BCUT2D eigenvalue weighted by Crippen LogP contribution is 2.24. The van der Waals surface area contributed by atoms with Gasteiger partial charge in [-0.3, -0.25) is 19.7 Å². The number of hydrogen-bond donors (Lipinski definition) is 2. The third-order valence-corrected chi connectivity index (χ3v) is 6.36. The van der Waals surface area contributed by atoms with E-state index in [1.54, 1.807) is 54.7 Å². The number of nitrogens with zero attached hydrogens (tertiary/aromatic N) is 2. The SMILES string of the molecule is O=C(c1cccc(NC(=O)c2ccc(Cl)s2)c1)c1ccc2c(/C=C/c3ccccn3)n[nH]c2c1. The summed E-state index contributed by atoms with van der Waals surface area (Å²) in [6.45, 7) is 0. The third-order valence-electron chi connectivity index (χ3n) is 5.13. The van der Waals surface area contributed by atoms with E-state index in [4.69, 9.17) is 11.6 Å². The Labute approximate surface area is 203 Å². The highest BCUT2D eigenvalue weighted by Gasteiger charge is 2.14. The van der Waals surface area contributed by atoms with Gasteiger partial charge in [0.1, 0.15) is 0 Å². The number of fused-ring (bicyclic) bond motifs is 1. The first-order valence-corrected chi connectivity index (χ1v) is 11.5. The molecule has 5 rings (SSSR count). The van der Waals surface area contributed by atoms with E-state index in [0.29, 0.717) is 26.0 Å². The summed E-state index contributed by atoms with van der Waals surface area (Å²) in [5.74, 6) is -0.427. The van der Waals surface area contributed by atoms with Gasteiger partial charge in [-0.05, 0) is 60.7 Å². The van der Waals surface area contributed by atoms with Crippen LogP contribution in [0.1, 0.15) is 37.0 Å². The van der Waals surface area contributed by atoms with Crippen LogP contribution in [0, 0.1) is 0 Å². The number of halogens is 1. The van der Waals surface area contributed by atoms with E-state index in [-0.39, 0.29) is 11.7 Å². The normalized spacial score (nSPS) is 11.2. The number of nitrogens with one attached hydrogen (secondary N) is 2. The average molecular weight is 485 g/mol. The first-order chi connectivity index (χ1) is 16.6. The molecule has 0 bridgehead atoms. The van der Waals surface area contributed by atoms with Crippen LogP contribution in [0.25, 0.3) is 23.1 Å². The third kappa shape index (κ3) is 4.66. The molecule has 1 amide bonds. The van der Waals surface area contributed by atoms with Crippen LogP contribution in [0.2, 0.25) is 4.34 Å². The number of carbonyl (C=O) groups is 2. The number of ketones is 1. The molecule has 6 nitrogen and oxygen atoms in total. The monoisotopic (exact) mass is 484 g/mol. The van der Waals surface area contributed by atoms with E-state index in [9.17, 15) is 9.59 Å². The molecule has 0 unspecified atom stereocenters. The van der Waals surface area contributed by atoms with Crippen LogP contribution in [0.15, 0.2) is 79.0 Å². The lowest BCUT2D eigenvalue weighted by molar-refractivity contribution is 0.102. The summed E-state index contributed by atoms with van der Waals surface area (Å²) in [5, 5.41) is 11.1. The Bertz CT molecular complexity index is 1540. The maximum absolute atomic E-state index is 13.1. The summed E-state index contributed by atoms with van der Waals surface area (Å²) < 4.78 is 0.540. The Morgan fingerprint density at radius 3 is 2.62 bits per heavy atom. The molecule has 0 spiro atoms. The van der Waals surface area contributed by atoms with Gasteiger partial charge in [-0.25, -0.2) is 0 Å². The summed E-state index contributed by atoms with van der Waals surface area (Å²) in [5.41, 5.74) is 3.87. The first-order valence-electron chi connectivity index (χ1n) is 10.4. The van der Waals surface area contributed by atoms with Gasteiger partial charge >= 0.3 is 0 Å². The zero-order valence-corrected chi connectivity index (χ0v) is 19.2. The smallest absolute Gasteiger partial charge is 0.265 e. The summed E-state index contributed by atoms with van der Waals surface area (Å²) in [6, 6.07) is 21.3. The van der Waals surface area contributed by atoms with Crippen molar-refractivity contribution >= 4 is 63.4 Å². The molecular formula is C26H17ClN4O2S. The predicted molar refractivity (Wildman–Crippen MR) is 136 cm³/mol. The quantitative estimate of drug-likeness (QED) is 0.276. The van der Waals surface area contributed by atoms with Crippen molar-refractivity contribution in [1.82, 2.24) is 15.2 Å². The zero-order chi connectivity index (χ0) is 23.5. The molecule has 2 aromatic carbocycles. The Kier molecular flexibility index (Phi) is 6.03. The van der Waals surface area contributed by atoms with Crippen LogP contribution in [0.5, 0.6) is 0 Å². The van der Waals surface area contributed by atoms with Crippen molar-refractivity contribution < 1.29 is 9.59 Å². The first kappa shape index (κ1) is 21.8. The molecule has 0 radical (unpaired) electrons. The fourth-order valence-corrected chi connectivity index (χ4v) is 4.42. The minimum absolute atomic E-state index is 0.155. The average Bonchev–Trinajstić information content (AvgIpc) is 3.49. The van der Waals surface area contributed by atoms with Crippen molar-refractivity contribution in [3.05, 3.63) is 111 Å². The van der Waals surface area contributed by atoms with E-state index >= 15 is 0 Å². The molecule has 0 aliphatic heterocycles. The molecule has 3 heterocycles. The van der Waals surface area contributed by atoms with Gasteiger partial charge in [0.2, 0.25) is 0 Å². The number of carbonyl (C=O) groups excluding carboxylic acids is 2. The number of pyridine rings is 1. The van der Waals surface area contributed by atoms with E-state index < -0.39 is 0 Å². The Morgan fingerprint density at radius 1 is 0.941 bits per heavy atom. The number of H-pyrrole nitrogens is 1. The molecule has 0 aliphatic carbocycles. The molecular weight excluding hydrogens is 468 g/mol. The number of benzene rings is 2. The lowest BCUT2D eigenvalue weighted by Gasteiger charge is -2.07. The van der Waals surface area contributed by atoms with Gasteiger partial charge in [-0.15, -0.1) is 11.3 Å². The number of hydrogen-bond acceptors (Lipinski definition) is 5. The van der Waals surface area contributed by atoms with E-state index in [2.05, 4.69) is 20.5 Å². The molecule has 3 aromatic heterocycles. The van der Waals surface area contributed by atoms with Gasteiger partial charge in [0.25, 0.3) is 5.91 Å². The number of amides is 1. The summed E-state index contributed by atoms with van der Waals surface area (Å²) in [7, 11) is 0. The number of aromatic nitrogens is 3. The summed E-state index contributed by atoms with van der Waals surface area (Å²) >= 11 is 7.11. The van der Waals surface area contributed by atoms with Crippen LogP contribution in [0.3, 0.4) is 0 Å². The maximum Gasteiger partial charge on any atom is 0.265 e.